The van der Waals surface area contributed by atoms with Crippen molar-refractivity contribution in [3.8, 4) is 5.75 Å². The quantitative estimate of drug-likeness (QED) is 0.924. The van der Waals surface area contributed by atoms with E-state index in [2.05, 4.69) is 0 Å². The van der Waals surface area contributed by atoms with Crippen LogP contribution in [0.1, 0.15) is 35.7 Å². The highest BCUT2D eigenvalue weighted by Crippen LogP contribution is 2.23. The minimum atomic E-state index is -0.768. The van der Waals surface area contributed by atoms with E-state index >= 15 is 0 Å². The van der Waals surface area contributed by atoms with Crippen LogP contribution < -0.4 is 4.74 Å². The van der Waals surface area contributed by atoms with E-state index in [0.717, 1.165) is 11.3 Å². The highest BCUT2D eigenvalue weighted by Gasteiger charge is 2.27. The summed E-state index contributed by atoms with van der Waals surface area (Å²) in [4.78, 5) is 25.1. The summed E-state index contributed by atoms with van der Waals surface area (Å²) in [5.74, 6) is -0.425. The summed E-state index contributed by atoms with van der Waals surface area (Å²) in [5.41, 5.74) is 1.59. The van der Waals surface area contributed by atoms with Gasteiger partial charge in [0.05, 0.1) is 12.5 Å². The molecule has 1 aromatic rings. The van der Waals surface area contributed by atoms with Gasteiger partial charge in [-0.3, -0.25) is 9.59 Å². The minimum absolute atomic E-state index is 0.0557. The Morgan fingerprint density at radius 2 is 2.00 bits per heavy atom. The first kappa shape index (κ1) is 15.4. The zero-order chi connectivity index (χ0) is 15.4. The lowest BCUT2D eigenvalue weighted by molar-refractivity contribution is -0.143. The second kappa shape index (κ2) is 6.61. The number of aliphatic carboxylic acids is 1. The van der Waals surface area contributed by atoms with E-state index in [1.54, 1.807) is 17.0 Å². The number of carboxylic acid groups (broad SMARTS) is 1. The molecule has 114 valence electrons. The number of rotatable bonds is 4. The van der Waals surface area contributed by atoms with Crippen molar-refractivity contribution in [1.82, 2.24) is 4.90 Å². The van der Waals surface area contributed by atoms with Crippen molar-refractivity contribution < 1.29 is 19.4 Å². The average molecular weight is 291 g/mol. The summed E-state index contributed by atoms with van der Waals surface area (Å²) in [5, 5.41) is 8.99. The van der Waals surface area contributed by atoms with Gasteiger partial charge in [0.25, 0.3) is 5.91 Å². The van der Waals surface area contributed by atoms with Crippen LogP contribution in [-0.2, 0) is 4.79 Å². The molecule has 1 aliphatic heterocycles. The molecule has 5 nitrogen and oxygen atoms in total. The number of benzene rings is 1. The van der Waals surface area contributed by atoms with Crippen LogP contribution in [0.5, 0.6) is 5.75 Å². The van der Waals surface area contributed by atoms with Gasteiger partial charge in [0, 0.05) is 18.7 Å². The van der Waals surface area contributed by atoms with Gasteiger partial charge in [0.15, 0.2) is 0 Å². The Labute approximate surface area is 124 Å². The zero-order valence-corrected chi connectivity index (χ0v) is 12.5. The molecule has 0 atom stereocenters. The van der Waals surface area contributed by atoms with E-state index in [0.29, 0.717) is 38.1 Å². The topological polar surface area (TPSA) is 66.8 Å². The number of piperidine rings is 1. The highest BCUT2D eigenvalue weighted by molar-refractivity contribution is 5.95. The van der Waals surface area contributed by atoms with Crippen LogP contribution in [0.4, 0.5) is 0 Å². The second-order valence-electron chi connectivity index (χ2n) is 5.32. The number of nitrogens with zero attached hydrogens (tertiary/aromatic N) is 1. The smallest absolute Gasteiger partial charge is 0.306 e. The number of hydrogen-bond donors (Lipinski definition) is 1. The molecule has 1 N–H and O–H groups in total. The van der Waals surface area contributed by atoms with Gasteiger partial charge < -0.3 is 14.7 Å². The lowest BCUT2D eigenvalue weighted by Gasteiger charge is -2.30. The van der Waals surface area contributed by atoms with E-state index in [1.165, 1.54) is 0 Å². The van der Waals surface area contributed by atoms with Gasteiger partial charge in [-0.05, 0) is 44.4 Å². The fraction of sp³-hybridized carbons (Fsp3) is 0.500. The average Bonchev–Trinajstić information content (AvgIpc) is 2.49. The minimum Gasteiger partial charge on any atom is -0.494 e. The second-order valence-corrected chi connectivity index (χ2v) is 5.32. The van der Waals surface area contributed by atoms with Crippen molar-refractivity contribution in [2.75, 3.05) is 19.7 Å². The predicted octanol–water partition coefficient (Wildman–Crippen LogP) is 2.33. The number of carboxylic acids is 1. The molecule has 0 unspecified atom stereocenters. The Morgan fingerprint density at radius 1 is 1.33 bits per heavy atom. The Hall–Kier alpha value is -2.04. The number of likely N-dealkylation sites (tertiary alicyclic amines) is 1. The summed E-state index contributed by atoms with van der Waals surface area (Å²) in [6, 6.07) is 5.44. The van der Waals surface area contributed by atoms with Crippen molar-refractivity contribution in [3.05, 3.63) is 29.3 Å². The van der Waals surface area contributed by atoms with Crippen molar-refractivity contribution in [2.45, 2.75) is 26.7 Å². The standard InChI is InChI=1S/C16H21NO4/c1-3-21-14-10-13(5-4-11(14)2)15(18)17-8-6-12(7-9-17)16(19)20/h4-5,10,12H,3,6-9H2,1-2H3,(H,19,20). The molecule has 0 spiro atoms. The summed E-state index contributed by atoms with van der Waals surface area (Å²) in [6.07, 6.45) is 1.04. The van der Waals surface area contributed by atoms with Crippen LogP contribution in [0.25, 0.3) is 0 Å². The van der Waals surface area contributed by atoms with Crippen LogP contribution in [0.15, 0.2) is 18.2 Å². The molecule has 1 aromatic carbocycles. The van der Waals surface area contributed by atoms with E-state index in [4.69, 9.17) is 9.84 Å². The van der Waals surface area contributed by atoms with Crippen molar-refractivity contribution in [1.29, 1.82) is 0 Å². The summed E-state index contributed by atoms with van der Waals surface area (Å²) >= 11 is 0. The van der Waals surface area contributed by atoms with Gasteiger partial charge in [0.1, 0.15) is 5.75 Å². The molecule has 0 saturated carbocycles. The molecular weight excluding hydrogens is 270 g/mol. The van der Waals surface area contributed by atoms with E-state index in [1.807, 2.05) is 19.9 Å². The van der Waals surface area contributed by atoms with Gasteiger partial charge in [-0.1, -0.05) is 6.07 Å². The van der Waals surface area contributed by atoms with E-state index in [-0.39, 0.29) is 11.8 Å². The molecule has 0 radical (unpaired) electrons. The number of hydrogen-bond acceptors (Lipinski definition) is 3. The molecule has 0 aliphatic carbocycles. The van der Waals surface area contributed by atoms with Crippen molar-refractivity contribution >= 4 is 11.9 Å². The van der Waals surface area contributed by atoms with E-state index in [9.17, 15) is 9.59 Å². The summed E-state index contributed by atoms with van der Waals surface area (Å²) in [7, 11) is 0. The van der Waals surface area contributed by atoms with Crippen molar-refractivity contribution in [2.24, 2.45) is 5.92 Å². The largest absolute Gasteiger partial charge is 0.494 e. The fourth-order valence-corrected chi connectivity index (χ4v) is 2.56. The number of amides is 1. The van der Waals surface area contributed by atoms with Crippen LogP contribution in [0, 0.1) is 12.8 Å². The molecule has 5 heteroatoms. The Balaban J connectivity index is 2.07. The molecule has 0 bridgehead atoms. The third-order valence-electron chi connectivity index (χ3n) is 3.87. The van der Waals surface area contributed by atoms with Crippen LogP contribution in [0.3, 0.4) is 0 Å². The lowest BCUT2D eigenvalue weighted by Crippen LogP contribution is -2.40. The maximum absolute atomic E-state index is 12.5. The van der Waals surface area contributed by atoms with Crippen LogP contribution in [-0.4, -0.2) is 41.6 Å². The molecule has 1 amide bonds. The fourth-order valence-electron chi connectivity index (χ4n) is 2.56. The first-order valence-electron chi connectivity index (χ1n) is 7.28. The third kappa shape index (κ3) is 3.54. The van der Waals surface area contributed by atoms with Gasteiger partial charge in [-0.15, -0.1) is 0 Å². The Bertz CT molecular complexity index is 533. The molecule has 0 aromatic heterocycles. The first-order chi connectivity index (χ1) is 10.0. The molecule has 21 heavy (non-hydrogen) atoms. The van der Waals surface area contributed by atoms with E-state index < -0.39 is 5.97 Å². The third-order valence-corrected chi connectivity index (χ3v) is 3.87. The maximum Gasteiger partial charge on any atom is 0.306 e. The SMILES string of the molecule is CCOc1cc(C(=O)N2CCC(C(=O)O)CC2)ccc1C. The number of aryl methyl sites for hydroxylation is 1. The number of carbonyl (C=O) groups is 2. The van der Waals surface area contributed by atoms with Crippen LogP contribution >= 0.6 is 0 Å². The zero-order valence-electron chi connectivity index (χ0n) is 12.5. The van der Waals surface area contributed by atoms with Crippen molar-refractivity contribution in [3.63, 3.8) is 0 Å². The molecule has 2 rings (SSSR count). The molecule has 1 saturated heterocycles. The molecular formula is C16H21NO4. The monoisotopic (exact) mass is 291 g/mol. The van der Waals surface area contributed by atoms with Gasteiger partial charge >= 0.3 is 5.97 Å². The lowest BCUT2D eigenvalue weighted by atomic mass is 9.96. The Morgan fingerprint density at radius 3 is 2.57 bits per heavy atom. The van der Waals surface area contributed by atoms with Crippen LogP contribution in [0.2, 0.25) is 0 Å². The molecule has 1 fully saturated rings. The summed E-state index contributed by atoms with van der Waals surface area (Å²) in [6.45, 7) is 5.39. The predicted molar refractivity (Wildman–Crippen MR) is 78.6 cm³/mol. The van der Waals surface area contributed by atoms with Gasteiger partial charge in [0.2, 0.25) is 0 Å². The molecule has 1 heterocycles. The Kier molecular flexibility index (Phi) is 4.83. The van der Waals surface area contributed by atoms with Gasteiger partial charge in [-0.2, -0.15) is 0 Å². The number of carbonyl (C=O) groups excluding carboxylic acids is 1. The molecule has 1 aliphatic rings. The number of ether oxygens (including phenoxy) is 1. The normalized spacial score (nSPS) is 15.8. The maximum atomic E-state index is 12.5. The van der Waals surface area contributed by atoms with Gasteiger partial charge in [-0.25, -0.2) is 0 Å². The summed E-state index contributed by atoms with van der Waals surface area (Å²) < 4.78 is 5.51. The first-order valence-corrected chi connectivity index (χ1v) is 7.28. The highest BCUT2D eigenvalue weighted by atomic mass is 16.5.